The van der Waals surface area contributed by atoms with Crippen LogP contribution < -0.4 is 4.90 Å². The van der Waals surface area contributed by atoms with Gasteiger partial charge in [0.15, 0.2) is 11.3 Å². The molecule has 9 heteroatoms. The molecule has 3 rings (SSSR count). The molecule has 9 nitrogen and oxygen atoms in total. The number of ether oxygens (including phenoxy) is 1. The summed E-state index contributed by atoms with van der Waals surface area (Å²) in [5.74, 6) is -1.86. The van der Waals surface area contributed by atoms with Crippen molar-refractivity contribution in [2.45, 2.75) is 25.3 Å². The molecule has 1 unspecified atom stereocenters. The SMILES string of the molecule is CCOC(=O)C1=NN(N=O)C2(CC(=O)N(c3ccccc3)C2=O)C1. The maximum absolute atomic E-state index is 12.9. The lowest BCUT2D eigenvalue weighted by molar-refractivity contribution is -0.135. The Bertz CT molecular complexity index is 747. The van der Waals surface area contributed by atoms with Crippen LogP contribution in [0.1, 0.15) is 19.8 Å². The average molecular weight is 330 g/mol. The second-order valence-electron chi connectivity index (χ2n) is 5.39. The largest absolute Gasteiger partial charge is 0.461 e. The Morgan fingerprint density at radius 3 is 2.62 bits per heavy atom. The van der Waals surface area contributed by atoms with Gasteiger partial charge in [-0.2, -0.15) is 0 Å². The molecule has 124 valence electrons. The Hall–Kier alpha value is -3.10. The number of anilines is 1. The third kappa shape index (κ3) is 2.25. The van der Waals surface area contributed by atoms with Crippen LogP contribution in [0.3, 0.4) is 0 Å². The lowest BCUT2D eigenvalue weighted by atomic mass is 9.92. The van der Waals surface area contributed by atoms with E-state index < -0.39 is 23.3 Å². The van der Waals surface area contributed by atoms with E-state index in [0.29, 0.717) is 10.8 Å². The van der Waals surface area contributed by atoms with E-state index in [4.69, 9.17) is 4.74 Å². The number of amides is 2. The number of benzene rings is 1. The first-order chi connectivity index (χ1) is 11.5. The summed E-state index contributed by atoms with van der Waals surface area (Å²) in [6.07, 6.45) is -0.496. The first kappa shape index (κ1) is 15.8. The Kier molecular flexibility index (Phi) is 3.84. The van der Waals surface area contributed by atoms with Crippen molar-refractivity contribution in [3.05, 3.63) is 35.2 Å². The number of carbonyl (C=O) groups is 3. The Labute approximate surface area is 136 Å². The van der Waals surface area contributed by atoms with Crippen molar-refractivity contribution in [3.8, 4) is 0 Å². The highest BCUT2D eigenvalue weighted by Gasteiger charge is 2.61. The summed E-state index contributed by atoms with van der Waals surface area (Å²) < 4.78 is 4.84. The normalized spacial score (nSPS) is 23.0. The highest BCUT2D eigenvalue weighted by atomic mass is 16.5. The molecule has 1 saturated heterocycles. The molecule has 0 aliphatic carbocycles. The summed E-state index contributed by atoms with van der Waals surface area (Å²) in [4.78, 5) is 49.2. The van der Waals surface area contributed by atoms with Crippen LogP contribution in [-0.2, 0) is 19.1 Å². The van der Waals surface area contributed by atoms with Crippen molar-refractivity contribution in [1.82, 2.24) is 5.12 Å². The number of para-hydroxylation sites is 1. The Morgan fingerprint density at radius 1 is 1.29 bits per heavy atom. The maximum atomic E-state index is 12.9. The summed E-state index contributed by atoms with van der Waals surface area (Å²) >= 11 is 0. The van der Waals surface area contributed by atoms with Crippen molar-refractivity contribution in [2.24, 2.45) is 10.4 Å². The number of nitroso groups, excluding NO2 is 1. The molecule has 2 aliphatic heterocycles. The highest BCUT2D eigenvalue weighted by molar-refractivity contribution is 6.39. The molecule has 0 aromatic heterocycles. The van der Waals surface area contributed by atoms with Gasteiger partial charge in [0.2, 0.25) is 5.91 Å². The molecule has 0 saturated carbocycles. The van der Waals surface area contributed by atoms with Crippen LogP contribution in [-0.4, -0.2) is 40.8 Å². The molecular formula is C15H14N4O5. The molecule has 0 radical (unpaired) electrons. The summed E-state index contributed by atoms with van der Waals surface area (Å²) in [6, 6.07) is 8.34. The minimum absolute atomic E-state index is 0.104. The van der Waals surface area contributed by atoms with Crippen LogP contribution in [0, 0.1) is 4.91 Å². The predicted molar refractivity (Wildman–Crippen MR) is 82.6 cm³/mol. The Balaban J connectivity index is 1.94. The number of hydrogen-bond acceptors (Lipinski definition) is 7. The minimum atomic E-state index is -1.60. The molecule has 24 heavy (non-hydrogen) atoms. The van der Waals surface area contributed by atoms with Crippen molar-refractivity contribution in [3.63, 3.8) is 0 Å². The summed E-state index contributed by atoms with van der Waals surface area (Å²) in [7, 11) is 0. The molecule has 1 aromatic carbocycles. The number of esters is 1. The van der Waals surface area contributed by atoms with Crippen LogP contribution >= 0.6 is 0 Å². The lowest BCUT2D eigenvalue weighted by Gasteiger charge is -2.24. The van der Waals surface area contributed by atoms with Gasteiger partial charge >= 0.3 is 5.97 Å². The zero-order valence-corrected chi connectivity index (χ0v) is 12.8. The van der Waals surface area contributed by atoms with Crippen molar-refractivity contribution in [2.75, 3.05) is 11.5 Å². The molecule has 1 spiro atoms. The van der Waals surface area contributed by atoms with E-state index in [0.717, 1.165) is 4.90 Å². The molecule has 1 atom stereocenters. The molecular weight excluding hydrogens is 316 g/mol. The van der Waals surface area contributed by atoms with Gasteiger partial charge in [-0.25, -0.2) is 9.69 Å². The third-order valence-electron chi connectivity index (χ3n) is 3.96. The zero-order chi connectivity index (χ0) is 17.3. The first-order valence-corrected chi connectivity index (χ1v) is 7.34. The fraction of sp³-hybridized carbons (Fsp3) is 0.333. The second kappa shape index (κ2) is 5.84. The van der Waals surface area contributed by atoms with Crippen LogP contribution in [0.2, 0.25) is 0 Å². The highest BCUT2D eigenvalue weighted by Crippen LogP contribution is 2.40. The standard InChI is InChI=1S/C15H14N4O5/c1-2-24-13(21)11-8-15(19(16-11)17-23)9-12(20)18(14(15)22)10-6-4-3-5-7-10/h3-7H,2,8-9H2,1H3. The number of rotatable bonds is 4. The van der Waals surface area contributed by atoms with E-state index in [9.17, 15) is 19.3 Å². The second-order valence-corrected chi connectivity index (χ2v) is 5.39. The van der Waals surface area contributed by atoms with Crippen LogP contribution in [0.25, 0.3) is 0 Å². The van der Waals surface area contributed by atoms with Crippen molar-refractivity contribution < 1.29 is 19.1 Å². The summed E-state index contributed by atoms with van der Waals surface area (Å²) in [5, 5.41) is 7.10. The summed E-state index contributed by atoms with van der Waals surface area (Å²) in [5.41, 5.74) is -1.32. The maximum Gasteiger partial charge on any atom is 0.354 e. The molecule has 1 aromatic rings. The van der Waals surface area contributed by atoms with E-state index in [1.165, 1.54) is 0 Å². The van der Waals surface area contributed by atoms with Gasteiger partial charge in [-0.1, -0.05) is 18.2 Å². The van der Waals surface area contributed by atoms with Crippen molar-refractivity contribution in [1.29, 1.82) is 0 Å². The number of hydrazone groups is 1. The Morgan fingerprint density at radius 2 is 2.00 bits per heavy atom. The van der Waals surface area contributed by atoms with Crippen LogP contribution in [0.15, 0.2) is 40.7 Å². The predicted octanol–water partition coefficient (Wildman–Crippen LogP) is 0.995. The number of carbonyl (C=O) groups excluding carboxylic acids is 3. The van der Waals surface area contributed by atoms with E-state index >= 15 is 0 Å². The van der Waals surface area contributed by atoms with Gasteiger partial charge in [-0.15, -0.1) is 15.1 Å². The molecule has 0 N–H and O–H groups in total. The van der Waals surface area contributed by atoms with Gasteiger partial charge in [-0.05, 0) is 19.1 Å². The van der Waals surface area contributed by atoms with Gasteiger partial charge in [0, 0.05) is 6.42 Å². The first-order valence-electron chi connectivity index (χ1n) is 7.34. The minimum Gasteiger partial charge on any atom is -0.461 e. The lowest BCUT2D eigenvalue weighted by Crippen LogP contribution is -2.48. The van der Waals surface area contributed by atoms with Gasteiger partial charge in [0.1, 0.15) is 0 Å². The van der Waals surface area contributed by atoms with Gasteiger partial charge in [-0.3, -0.25) is 9.59 Å². The van der Waals surface area contributed by atoms with Gasteiger partial charge in [0.25, 0.3) is 5.91 Å². The topological polar surface area (TPSA) is 109 Å². The summed E-state index contributed by atoms with van der Waals surface area (Å²) in [6.45, 7) is 1.75. The van der Waals surface area contributed by atoms with E-state index in [1.54, 1.807) is 37.3 Å². The van der Waals surface area contributed by atoms with E-state index in [-0.39, 0.29) is 25.2 Å². The number of imide groups is 1. The monoisotopic (exact) mass is 330 g/mol. The van der Waals surface area contributed by atoms with Crippen LogP contribution in [0.4, 0.5) is 5.69 Å². The van der Waals surface area contributed by atoms with Crippen molar-refractivity contribution >= 4 is 29.2 Å². The van der Waals surface area contributed by atoms with Gasteiger partial charge in [0.05, 0.1) is 24.0 Å². The van der Waals surface area contributed by atoms with Gasteiger partial charge < -0.3 is 4.74 Å². The van der Waals surface area contributed by atoms with E-state index in [1.807, 2.05) is 0 Å². The van der Waals surface area contributed by atoms with E-state index in [2.05, 4.69) is 10.4 Å². The molecule has 0 bridgehead atoms. The molecule has 2 amide bonds. The zero-order valence-electron chi connectivity index (χ0n) is 12.8. The fourth-order valence-corrected chi connectivity index (χ4v) is 2.88. The molecule has 2 heterocycles. The van der Waals surface area contributed by atoms with Crippen LogP contribution in [0.5, 0.6) is 0 Å². The smallest absolute Gasteiger partial charge is 0.354 e. The quantitative estimate of drug-likeness (QED) is 0.463. The third-order valence-corrected chi connectivity index (χ3v) is 3.96. The molecule has 1 fully saturated rings. The number of nitrogens with zero attached hydrogens (tertiary/aromatic N) is 4. The molecule has 2 aliphatic rings. The average Bonchev–Trinajstić information content (AvgIpc) is 3.07. The number of hydrogen-bond donors (Lipinski definition) is 0. The fourth-order valence-electron chi connectivity index (χ4n) is 2.88.